The summed E-state index contributed by atoms with van der Waals surface area (Å²) in [6, 6.07) is 0. The molecular formula is C31H49NO2. The molecule has 0 aliphatic carbocycles. The Kier molecular flexibility index (Phi) is 22.1. The molecule has 1 atom stereocenters. The zero-order valence-corrected chi connectivity index (χ0v) is 21.9. The predicted molar refractivity (Wildman–Crippen MR) is 150 cm³/mol. The first-order valence-electron chi connectivity index (χ1n) is 13.2. The van der Waals surface area contributed by atoms with Gasteiger partial charge in [0, 0.05) is 12.6 Å². The monoisotopic (exact) mass is 467 g/mol. The van der Waals surface area contributed by atoms with Crippen molar-refractivity contribution in [2.45, 2.75) is 97.0 Å². The van der Waals surface area contributed by atoms with Crippen LogP contribution in [0.4, 0.5) is 0 Å². The number of hydrogen-bond donors (Lipinski definition) is 2. The Bertz CT molecular complexity index is 694. The predicted octanol–water partition coefficient (Wildman–Crippen LogP) is 8.08. The first kappa shape index (κ1) is 31.6. The fraction of sp³-hybridized carbons (Fsp3) is 0.516. The van der Waals surface area contributed by atoms with Crippen LogP contribution >= 0.6 is 0 Å². The lowest BCUT2D eigenvalue weighted by molar-refractivity contribution is -0.118. The molecule has 190 valence electrons. The summed E-state index contributed by atoms with van der Waals surface area (Å²) in [6.45, 7) is 6.77. The smallest absolute Gasteiger partial charge is 0.244 e. The van der Waals surface area contributed by atoms with Crippen LogP contribution in [0.15, 0.2) is 85.1 Å². The minimum absolute atomic E-state index is 0.163. The van der Waals surface area contributed by atoms with Gasteiger partial charge in [-0.15, -0.1) is 0 Å². The molecular weight excluding hydrogens is 418 g/mol. The maximum atomic E-state index is 12.1. The standard InChI is InChI=1S/C31H49NO2/c1-4-7-10-11-12-13-14-15-16-17-18-19-20-21-22-23-24-26-30(33)32-29-31(34,27-9-6-3)28-25-8-5-2/h10-17,20-24,26,34H,4-9,18-19,25,27-29H2,1-3H3,(H,32,33). The van der Waals surface area contributed by atoms with Crippen LogP contribution in [0.25, 0.3) is 0 Å². The molecule has 0 aromatic rings. The Hall–Kier alpha value is -2.39. The van der Waals surface area contributed by atoms with Gasteiger partial charge in [0.2, 0.25) is 5.91 Å². The second kappa shape index (κ2) is 23.8. The summed E-state index contributed by atoms with van der Waals surface area (Å²) in [4.78, 5) is 12.1. The summed E-state index contributed by atoms with van der Waals surface area (Å²) in [5.74, 6) is -0.163. The highest BCUT2D eigenvalue weighted by molar-refractivity contribution is 5.87. The van der Waals surface area contributed by atoms with E-state index in [1.165, 1.54) is 12.5 Å². The summed E-state index contributed by atoms with van der Waals surface area (Å²) in [6.07, 6.45) is 38.8. The second-order valence-corrected chi connectivity index (χ2v) is 8.67. The molecule has 1 unspecified atom stereocenters. The summed E-state index contributed by atoms with van der Waals surface area (Å²) in [5, 5.41) is 13.7. The van der Waals surface area contributed by atoms with Gasteiger partial charge in [0.25, 0.3) is 0 Å². The molecule has 0 aliphatic rings. The minimum Gasteiger partial charge on any atom is -0.388 e. The molecule has 0 fully saturated rings. The third kappa shape index (κ3) is 21.5. The molecule has 0 bridgehead atoms. The first-order chi connectivity index (χ1) is 16.6. The van der Waals surface area contributed by atoms with Crippen molar-refractivity contribution in [3.63, 3.8) is 0 Å². The van der Waals surface area contributed by atoms with E-state index in [1.54, 1.807) is 6.08 Å². The van der Waals surface area contributed by atoms with Gasteiger partial charge in [0.1, 0.15) is 0 Å². The number of carbonyl (C=O) groups excluding carboxylic acids is 1. The van der Waals surface area contributed by atoms with Crippen LogP contribution in [-0.2, 0) is 4.79 Å². The van der Waals surface area contributed by atoms with Crippen LogP contribution < -0.4 is 5.32 Å². The van der Waals surface area contributed by atoms with E-state index in [0.29, 0.717) is 6.54 Å². The lowest BCUT2D eigenvalue weighted by Gasteiger charge is -2.28. The number of nitrogens with one attached hydrogen (secondary N) is 1. The van der Waals surface area contributed by atoms with Gasteiger partial charge in [0.05, 0.1) is 5.60 Å². The Balaban J connectivity index is 4.11. The Labute approximate surface area is 209 Å². The van der Waals surface area contributed by atoms with E-state index in [4.69, 9.17) is 0 Å². The van der Waals surface area contributed by atoms with Gasteiger partial charge < -0.3 is 10.4 Å². The van der Waals surface area contributed by atoms with Crippen LogP contribution in [0, 0.1) is 0 Å². The van der Waals surface area contributed by atoms with Crippen molar-refractivity contribution >= 4 is 5.91 Å². The average molecular weight is 468 g/mol. The highest BCUT2D eigenvalue weighted by Crippen LogP contribution is 2.21. The van der Waals surface area contributed by atoms with E-state index in [-0.39, 0.29) is 5.91 Å². The highest BCUT2D eigenvalue weighted by atomic mass is 16.3. The van der Waals surface area contributed by atoms with Gasteiger partial charge in [-0.05, 0) is 32.1 Å². The number of allylic oxidation sites excluding steroid dienone is 13. The van der Waals surface area contributed by atoms with Crippen molar-refractivity contribution < 1.29 is 9.90 Å². The Morgan fingerprint density at radius 1 is 0.647 bits per heavy atom. The topological polar surface area (TPSA) is 49.3 Å². The van der Waals surface area contributed by atoms with Gasteiger partial charge >= 0.3 is 0 Å². The minimum atomic E-state index is -0.792. The van der Waals surface area contributed by atoms with E-state index in [2.05, 4.69) is 62.5 Å². The number of unbranched alkanes of at least 4 members (excludes halogenated alkanes) is 5. The maximum absolute atomic E-state index is 12.1. The Morgan fingerprint density at radius 2 is 1.15 bits per heavy atom. The molecule has 0 heterocycles. The van der Waals surface area contributed by atoms with E-state index >= 15 is 0 Å². The van der Waals surface area contributed by atoms with Gasteiger partial charge in [-0.3, -0.25) is 4.79 Å². The summed E-state index contributed by atoms with van der Waals surface area (Å²) in [5.41, 5.74) is -0.792. The second-order valence-electron chi connectivity index (χ2n) is 8.67. The lowest BCUT2D eigenvalue weighted by Crippen LogP contribution is -2.42. The number of aliphatic hydroxyl groups is 1. The molecule has 0 rings (SSSR count). The SMILES string of the molecule is CCCC=CC=CC=CC=CCCC=CC=CC=CC(=O)NCC(O)(CCCC)CCCCC. The quantitative estimate of drug-likeness (QED) is 0.108. The molecule has 0 aliphatic heterocycles. The van der Waals surface area contributed by atoms with E-state index in [1.807, 2.05) is 36.5 Å². The molecule has 0 aromatic heterocycles. The van der Waals surface area contributed by atoms with Gasteiger partial charge in [-0.1, -0.05) is 138 Å². The number of amides is 1. The highest BCUT2D eigenvalue weighted by Gasteiger charge is 2.25. The molecule has 0 aromatic carbocycles. The molecule has 3 heteroatoms. The molecule has 0 saturated carbocycles. The van der Waals surface area contributed by atoms with Crippen LogP contribution in [0.1, 0.15) is 91.4 Å². The molecule has 0 saturated heterocycles. The zero-order chi connectivity index (χ0) is 25.2. The zero-order valence-electron chi connectivity index (χ0n) is 21.9. The molecule has 34 heavy (non-hydrogen) atoms. The van der Waals surface area contributed by atoms with Crippen molar-refractivity contribution in [3.8, 4) is 0 Å². The van der Waals surface area contributed by atoms with E-state index in [0.717, 1.165) is 64.2 Å². The lowest BCUT2D eigenvalue weighted by atomic mass is 9.90. The molecule has 0 spiro atoms. The third-order valence-corrected chi connectivity index (χ3v) is 5.33. The maximum Gasteiger partial charge on any atom is 0.244 e. The molecule has 2 N–H and O–H groups in total. The fourth-order valence-electron chi connectivity index (χ4n) is 3.23. The number of hydrogen-bond acceptors (Lipinski definition) is 2. The van der Waals surface area contributed by atoms with Crippen LogP contribution in [-0.4, -0.2) is 23.2 Å². The van der Waals surface area contributed by atoms with E-state index < -0.39 is 5.60 Å². The van der Waals surface area contributed by atoms with Crippen molar-refractivity contribution in [1.29, 1.82) is 0 Å². The van der Waals surface area contributed by atoms with Gasteiger partial charge in [-0.25, -0.2) is 0 Å². The largest absolute Gasteiger partial charge is 0.388 e. The molecule has 0 radical (unpaired) electrons. The number of carbonyl (C=O) groups is 1. The van der Waals surface area contributed by atoms with Crippen molar-refractivity contribution in [1.82, 2.24) is 5.32 Å². The summed E-state index contributed by atoms with van der Waals surface area (Å²) < 4.78 is 0. The normalized spacial score (nSPS) is 14.8. The van der Waals surface area contributed by atoms with Crippen molar-refractivity contribution in [3.05, 3.63) is 85.1 Å². The average Bonchev–Trinajstić information content (AvgIpc) is 2.83. The van der Waals surface area contributed by atoms with Gasteiger partial charge in [-0.2, -0.15) is 0 Å². The Morgan fingerprint density at radius 3 is 1.71 bits per heavy atom. The number of rotatable bonds is 20. The van der Waals surface area contributed by atoms with Crippen molar-refractivity contribution in [2.75, 3.05) is 6.54 Å². The van der Waals surface area contributed by atoms with Crippen LogP contribution in [0.5, 0.6) is 0 Å². The first-order valence-corrected chi connectivity index (χ1v) is 13.2. The van der Waals surface area contributed by atoms with E-state index in [9.17, 15) is 9.90 Å². The van der Waals surface area contributed by atoms with Gasteiger partial charge in [0.15, 0.2) is 0 Å². The third-order valence-electron chi connectivity index (χ3n) is 5.33. The molecule has 1 amide bonds. The van der Waals surface area contributed by atoms with Crippen LogP contribution in [0.3, 0.4) is 0 Å². The molecule has 3 nitrogen and oxygen atoms in total. The summed E-state index contributed by atoms with van der Waals surface area (Å²) >= 11 is 0. The fourth-order valence-corrected chi connectivity index (χ4v) is 3.23. The van der Waals surface area contributed by atoms with Crippen LogP contribution in [0.2, 0.25) is 0 Å². The van der Waals surface area contributed by atoms with Crippen molar-refractivity contribution in [2.24, 2.45) is 0 Å². The summed E-state index contributed by atoms with van der Waals surface area (Å²) in [7, 11) is 0.